The second-order valence-corrected chi connectivity index (χ2v) is 8.74. The average molecular weight is 387 g/mol. The Labute approximate surface area is 173 Å². The molecule has 4 nitrogen and oxygen atoms in total. The standard InChI is InChI=1S/C25H30N4/c1-18-9-11-22(26-16-18)21-10-12-24-23(15-21)27-25-19(2)28(13-6-14-29(24)25)17-20-7-4-3-5-8-20/h3-5,7-8,10,12,15,18-19H,6,9,11,13-14,16-17H2,1-2H3/t18?,19-/m0/s1. The maximum atomic E-state index is 5.12. The summed E-state index contributed by atoms with van der Waals surface area (Å²) in [5.41, 5.74) is 6.27. The molecule has 0 aliphatic carbocycles. The van der Waals surface area contributed by atoms with Crippen molar-refractivity contribution in [1.82, 2.24) is 14.5 Å². The van der Waals surface area contributed by atoms with E-state index in [9.17, 15) is 0 Å². The first-order valence-corrected chi connectivity index (χ1v) is 11.0. The Bertz CT molecular complexity index is 1030. The maximum absolute atomic E-state index is 5.12. The van der Waals surface area contributed by atoms with Crippen molar-refractivity contribution >= 4 is 16.7 Å². The lowest BCUT2D eigenvalue weighted by Crippen LogP contribution is -2.27. The van der Waals surface area contributed by atoms with Crippen LogP contribution >= 0.6 is 0 Å². The number of rotatable bonds is 3. The molecule has 29 heavy (non-hydrogen) atoms. The van der Waals surface area contributed by atoms with Crippen molar-refractivity contribution in [2.45, 2.75) is 52.2 Å². The summed E-state index contributed by atoms with van der Waals surface area (Å²) in [5, 5.41) is 0. The highest BCUT2D eigenvalue weighted by Gasteiger charge is 2.26. The second kappa shape index (κ2) is 7.75. The van der Waals surface area contributed by atoms with Crippen molar-refractivity contribution < 1.29 is 0 Å². The van der Waals surface area contributed by atoms with Gasteiger partial charge >= 0.3 is 0 Å². The highest BCUT2D eigenvalue weighted by atomic mass is 15.2. The molecule has 2 aliphatic rings. The zero-order valence-corrected chi connectivity index (χ0v) is 17.5. The first-order chi connectivity index (χ1) is 14.2. The van der Waals surface area contributed by atoms with Gasteiger partial charge in [-0.3, -0.25) is 9.89 Å². The predicted molar refractivity (Wildman–Crippen MR) is 119 cm³/mol. The van der Waals surface area contributed by atoms with Crippen molar-refractivity contribution in [2.75, 3.05) is 13.1 Å². The first-order valence-electron chi connectivity index (χ1n) is 11.0. The zero-order chi connectivity index (χ0) is 19.8. The first kappa shape index (κ1) is 18.6. The molecule has 2 atom stereocenters. The van der Waals surface area contributed by atoms with Crippen LogP contribution < -0.4 is 0 Å². The fraction of sp³-hybridized carbons (Fsp3) is 0.440. The molecule has 1 unspecified atom stereocenters. The largest absolute Gasteiger partial charge is 0.327 e. The molecule has 3 aromatic rings. The van der Waals surface area contributed by atoms with Crippen molar-refractivity contribution in [3.8, 4) is 0 Å². The molecule has 0 saturated carbocycles. The smallest absolute Gasteiger partial charge is 0.127 e. The van der Waals surface area contributed by atoms with Crippen LogP contribution in [0.1, 0.15) is 56.1 Å². The summed E-state index contributed by atoms with van der Waals surface area (Å²) in [4.78, 5) is 12.5. The number of benzene rings is 2. The lowest BCUT2D eigenvalue weighted by atomic mass is 9.96. The summed E-state index contributed by atoms with van der Waals surface area (Å²) >= 11 is 0. The number of nitrogens with zero attached hydrogens (tertiary/aromatic N) is 4. The Morgan fingerprint density at radius 2 is 1.90 bits per heavy atom. The summed E-state index contributed by atoms with van der Waals surface area (Å²) in [6, 6.07) is 17.9. The van der Waals surface area contributed by atoms with Gasteiger partial charge in [-0.05, 0) is 55.4 Å². The quantitative estimate of drug-likeness (QED) is 0.618. The molecule has 0 N–H and O–H groups in total. The molecule has 0 radical (unpaired) electrons. The number of hydrogen-bond acceptors (Lipinski definition) is 3. The van der Waals surface area contributed by atoms with Gasteiger partial charge in [-0.1, -0.05) is 43.3 Å². The number of imidazole rings is 1. The molecule has 0 spiro atoms. The monoisotopic (exact) mass is 386 g/mol. The van der Waals surface area contributed by atoms with Crippen LogP contribution in [-0.4, -0.2) is 33.3 Å². The lowest BCUT2D eigenvalue weighted by Gasteiger charge is -2.26. The van der Waals surface area contributed by atoms with Gasteiger partial charge in [0.05, 0.1) is 17.1 Å². The number of aryl methyl sites for hydroxylation is 1. The van der Waals surface area contributed by atoms with E-state index in [1.165, 1.54) is 34.6 Å². The van der Waals surface area contributed by atoms with Crippen LogP contribution in [0.4, 0.5) is 0 Å². The summed E-state index contributed by atoms with van der Waals surface area (Å²) in [6.45, 7) is 8.68. The van der Waals surface area contributed by atoms with Gasteiger partial charge in [0.15, 0.2) is 0 Å². The van der Waals surface area contributed by atoms with E-state index in [0.717, 1.165) is 44.5 Å². The Balaban J connectivity index is 1.47. The number of aliphatic imine (C=N–C) groups is 1. The van der Waals surface area contributed by atoms with E-state index in [2.05, 4.69) is 71.8 Å². The maximum Gasteiger partial charge on any atom is 0.127 e. The van der Waals surface area contributed by atoms with Gasteiger partial charge in [0, 0.05) is 31.9 Å². The second-order valence-electron chi connectivity index (χ2n) is 8.74. The highest BCUT2D eigenvalue weighted by molar-refractivity contribution is 6.03. The Hall–Kier alpha value is -2.46. The SMILES string of the molecule is CC1CCC(c2ccc3c(c2)nc2n3CCCN(Cc3ccccc3)[C@H]2C)=NC1. The van der Waals surface area contributed by atoms with Gasteiger partial charge in [0.25, 0.3) is 0 Å². The fourth-order valence-electron chi connectivity index (χ4n) is 4.76. The Morgan fingerprint density at radius 1 is 1.03 bits per heavy atom. The summed E-state index contributed by atoms with van der Waals surface area (Å²) in [7, 11) is 0. The third kappa shape index (κ3) is 3.62. The van der Waals surface area contributed by atoms with Gasteiger partial charge in [-0.15, -0.1) is 0 Å². The predicted octanol–water partition coefficient (Wildman–Crippen LogP) is 5.22. The van der Waals surface area contributed by atoms with Crippen molar-refractivity contribution in [1.29, 1.82) is 0 Å². The summed E-state index contributed by atoms with van der Waals surface area (Å²) in [5.74, 6) is 1.91. The molecule has 0 saturated heterocycles. The average Bonchev–Trinajstić information content (AvgIpc) is 3.04. The fourth-order valence-corrected chi connectivity index (χ4v) is 4.76. The van der Waals surface area contributed by atoms with Gasteiger partial charge < -0.3 is 4.57 Å². The highest BCUT2D eigenvalue weighted by Crippen LogP contribution is 2.30. The van der Waals surface area contributed by atoms with Gasteiger partial charge in [-0.2, -0.15) is 0 Å². The molecular formula is C25H30N4. The van der Waals surface area contributed by atoms with Gasteiger partial charge in [0.2, 0.25) is 0 Å². The minimum Gasteiger partial charge on any atom is -0.327 e. The molecule has 2 aromatic carbocycles. The van der Waals surface area contributed by atoms with Crippen LogP contribution in [0.2, 0.25) is 0 Å². The van der Waals surface area contributed by atoms with E-state index in [-0.39, 0.29) is 0 Å². The molecule has 2 aliphatic heterocycles. The number of aromatic nitrogens is 2. The van der Waals surface area contributed by atoms with E-state index in [1.807, 2.05) is 0 Å². The van der Waals surface area contributed by atoms with Crippen molar-refractivity contribution in [2.24, 2.45) is 10.9 Å². The van der Waals surface area contributed by atoms with Crippen LogP contribution in [0.25, 0.3) is 11.0 Å². The van der Waals surface area contributed by atoms with Gasteiger partial charge in [-0.25, -0.2) is 4.98 Å². The van der Waals surface area contributed by atoms with Crippen LogP contribution in [0.3, 0.4) is 0 Å². The van der Waals surface area contributed by atoms with E-state index >= 15 is 0 Å². The molecule has 0 fully saturated rings. The lowest BCUT2D eigenvalue weighted by molar-refractivity contribution is 0.202. The Kier molecular flexibility index (Phi) is 4.96. The van der Waals surface area contributed by atoms with Crippen LogP contribution in [0.5, 0.6) is 0 Å². The minimum absolute atomic E-state index is 0.307. The van der Waals surface area contributed by atoms with Gasteiger partial charge in [0.1, 0.15) is 5.82 Å². The molecule has 0 amide bonds. The number of fused-ring (bicyclic) bond motifs is 3. The zero-order valence-electron chi connectivity index (χ0n) is 17.5. The topological polar surface area (TPSA) is 33.4 Å². The van der Waals surface area contributed by atoms with Crippen LogP contribution in [0, 0.1) is 5.92 Å². The van der Waals surface area contributed by atoms with E-state index in [0.29, 0.717) is 12.0 Å². The molecule has 4 heteroatoms. The third-order valence-corrected chi connectivity index (χ3v) is 6.56. The molecule has 150 valence electrons. The van der Waals surface area contributed by atoms with Crippen LogP contribution in [-0.2, 0) is 13.1 Å². The molecule has 5 rings (SSSR count). The summed E-state index contributed by atoms with van der Waals surface area (Å²) in [6.07, 6.45) is 3.48. The number of hydrogen-bond donors (Lipinski definition) is 0. The third-order valence-electron chi connectivity index (χ3n) is 6.56. The normalized spacial score (nSPS) is 22.9. The summed E-state index contributed by atoms with van der Waals surface area (Å²) < 4.78 is 2.44. The minimum atomic E-state index is 0.307. The van der Waals surface area contributed by atoms with Crippen LogP contribution in [0.15, 0.2) is 53.5 Å². The van der Waals surface area contributed by atoms with Crippen molar-refractivity contribution in [3.63, 3.8) is 0 Å². The Morgan fingerprint density at radius 3 is 2.69 bits per heavy atom. The molecular weight excluding hydrogens is 356 g/mol. The molecule has 3 heterocycles. The van der Waals surface area contributed by atoms with E-state index in [4.69, 9.17) is 9.98 Å². The molecule has 1 aromatic heterocycles. The van der Waals surface area contributed by atoms with E-state index in [1.54, 1.807) is 0 Å². The molecule has 0 bridgehead atoms. The van der Waals surface area contributed by atoms with Crippen molar-refractivity contribution in [3.05, 3.63) is 65.5 Å². The van der Waals surface area contributed by atoms with E-state index < -0.39 is 0 Å².